The van der Waals surface area contributed by atoms with E-state index >= 15 is 0 Å². The first-order valence-electron chi connectivity index (χ1n) is 5.52. The monoisotopic (exact) mass is 234 g/mol. The first-order chi connectivity index (χ1) is 8.38. The van der Waals surface area contributed by atoms with Gasteiger partial charge >= 0.3 is 0 Å². The predicted octanol–water partition coefficient (Wildman–Crippen LogP) is -0.952. The van der Waals surface area contributed by atoms with E-state index in [1.54, 1.807) is 6.20 Å². The molecule has 0 unspecified atom stereocenters. The number of aromatic amines is 1. The van der Waals surface area contributed by atoms with E-state index in [-0.39, 0.29) is 0 Å². The SMILES string of the molecule is NNc1nc(N2CCNCC2)c2cn[nH]c2n1. The normalized spacial score (nSPS) is 16.4. The lowest BCUT2D eigenvalue weighted by molar-refractivity contribution is 0.586. The Balaban J connectivity index is 2.08. The molecular formula is C9H14N8. The Kier molecular flexibility index (Phi) is 2.50. The van der Waals surface area contributed by atoms with Crippen LogP contribution in [0.5, 0.6) is 0 Å². The van der Waals surface area contributed by atoms with Crippen LogP contribution in [-0.4, -0.2) is 46.3 Å². The van der Waals surface area contributed by atoms with Crippen molar-refractivity contribution in [2.75, 3.05) is 36.5 Å². The molecule has 0 aromatic carbocycles. The van der Waals surface area contributed by atoms with Crippen molar-refractivity contribution >= 4 is 22.8 Å². The minimum absolute atomic E-state index is 0.398. The van der Waals surface area contributed by atoms with Crippen LogP contribution in [0.15, 0.2) is 6.20 Å². The summed E-state index contributed by atoms with van der Waals surface area (Å²) in [6, 6.07) is 0. The minimum Gasteiger partial charge on any atom is -0.353 e. The van der Waals surface area contributed by atoms with Crippen LogP contribution in [0.2, 0.25) is 0 Å². The van der Waals surface area contributed by atoms with Gasteiger partial charge in [0.05, 0.1) is 11.6 Å². The number of nitrogens with zero attached hydrogens (tertiary/aromatic N) is 4. The number of hydrogen-bond acceptors (Lipinski definition) is 7. The minimum atomic E-state index is 0.398. The molecule has 3 rings (SSSR count). The summed E-state index contributed by atoms with van der Waals surface area (Å²) in [4.78, 5) is 10.8. The van der Waals surface area contributed by atoms with E-state index in [9.17, 15) is 0 Å². The van der Waals surface area contributed by atoms with Crippen LogP contribution in [0, 0.1) is 0 Å². The van der Waals surface area contributed by atoms with Gasteiger partial charge in [-0.05, 0) is 0 Å². The van der Waals surface area contributed by atoms with Crippen LogP contribution >= 0.6 is 0 Å². The number of nitrogens with one attached hydrogen (secondary N) is 3. The molecule has 1 fully saturated rings. The number of anilines is 2. The molecule has 0 aliphatic carbocycles. The van der Waals surface area contributed by atoms with Crippen LogP contribution in [0.3, 0.4) is 0 Å². The fourth-order valence-corrected chi connectivity index (χ4v) is 2.00. The molecule has 0 atom stereocenters. The molecule has 8 nitrogen and oxygen atoms in total. The van der Waals surface area contributed by atoms with E-state index in [4.69, 9.17) is 5.84 Å². The number of piperazine rings is 1. The molecule has 1 aliphatic heterocycles. The van der Waals surface area contributed by atoms with Crippen molar-refractivity contribution in [1.29, 1.82) is 0 Å². The topological polar surface area (TPSA) is 108 Å². The number of aromatic nitrogens is 4. The summed E-state index contributed by atoms with van der Waals surface area (Å²) in [5.74, 6) is 6.64. The lowest BCUT2D eigenvalue weighted by Gasteiger charge is -2.28. The number of hydrazine groups is 1. The van der Waals surface area contributed by atoms with Crippen molar-refractivity contribution < 1.29 is 0 Å². The van der Waals surface area contributed by atoms with Gasteiger partial charge < -0.3 is 10.2 Å². The van der Waals surface area contributed by atoms with Crippen LogP contribution < -0.4 is 21.5 Å². The zero-order valence-corrected chi connectivity index (χ0v) is 9.27. The fourth-order valence-electron chi connectivity index (χ4n) is 2.00. The zero-order chi connectivity index (χ0) is 11.7. The average molecular weight is 234 g/mol. The third-order valence-electron chi connectivity index (χ3n) is 2.84. The Bertz CT molecular complexity index is 515. The Morgan fingerprint density at radius 2 is 2.12 bits per heavy atom. The van der Waals surface area contributed by atoms with Gasteiger partial charge in [-0.1, -0.05) is 0 Å². The fraction of sp³-hybridized carbons (Fsp3) is 0.444. The van der Waals surface area contributed by atoms with Gasteiger partial charge in [-0.25, -0.2) is 5.84 Å². The van der Waals surface area contributed by atoms with Crippen molar-refractivity contribution in [3.8, 4) is 0 Å². The average Bonchev–Trinajstić information content (AvgIpc) is 2.86. The highest BCUT2D eigenvalue weighted by atomic mass is 15.3. The van der Waals surface area contributed by atoms with Gasteiger partial charge in [-0.15, -0.1) is 0 Å². The molecule has 17 heavy (non-hydrogen) atoms. The van der Waals surface area contributed by atoms with Gasteiger partial charge in [0, 0.05) is 26.2 Å². The van der Waals surface area contributed by atoms with Crippen LogP contribution in [0.4, 0.5) is 11.8 Å². The Hall–Kier alpha value is -1.93. The summed E-state index contributed by atoms with van der Waals surface area (Å²) in [6.45, 7) is 3.74. The maximum atomic E-state index is 5.37. The van der Waals surface area contributed by atoms with Crippen molar-refractivity contribution in [2.24, 2.45) is 5.84 Å². The summed E-state index contributed by atoms with van der Waals surface area (Å²) in [7, 11) is 0. The molecule has 1 saturated heterocycles. The van der Waals surface area contributed by atoms with Crippen molar-refractivity contribution in [2.45, 2.75) is 0 Å². The van der Waals surface area contributed by atoms with Crippen molar-refractivity contribution in [1.82, 2.24) is 25.5 Å². The van der Waals surface area contributed by atoms with E-state index < -0.39 is 0 Å². The largest absolute Gasteiger partial charge is 0.353 e. The Morgan fingerprint density at radius 1 is 1.29 bits per heavy atom. The van der Waals surface area contributed by atoms with Gasteiger partial charge in [-0.2, -0.15) is 15.1 Å². The van der Waals surface area contributed by atoms with Crippen LogP contribution in [0.1, 0.15) is 0 Å². The van der Waals surface area contributed by atoms with Crippen LogP contribution in [-0.2, 0) is 0 Å². The molecule has 0 amide bonds. The number of H-pyrrole nitrogens is 1. The standard InChI is InChI=1S/C9H14N8/c10-15-9-13-7-6(5-12-16-7)8(14-9)17-3-1-11-2-4-17/h5,11H,1-4,10H2,(H2,12,13,14,15,16). The number of nitrogen functional groups attached to an aromatic ring is 1. The molecule has 3 heterocycles. The highest BCUT2D eigenvalue weighted by molar-refractivity contribution is 5.87. The maximum absolute atomic E-state index is 5.37. The molecule has 1 aliphatic rings. The lowest BCUT2D eigenvalue weighted by Crippen LogP contribution is -2.44. The molecule has 2 aromatic heterocycles. The summed E-state index contributed by atoms with van der Waals surface area (Å²) < 4.78 is 0. The van der Waals surface area contributed by atoms with Crippen molar-refractivity contribution in [3.05, 3.63) is 6.20 Å². The van der Waals surface area contributed by atoms with Gasteiger partial charge in [0.2, 0.25) is 5.95 Å². The molecule has 0 saturated carbocycles. The number of nitrogens with two attached hydrogens (primary N) is 1. The number of rotatable bonds is 2. The van der Waals surface area contributed by atoms with Crippen LogP contribution in [0.25, 0.3) is 11.0 Å². The molecule has 0 spiro atoms. The maximum Gasteiger partial charge on any atom is 0.241 e. The van der Waals surface area contributed by atoms with E-state index in [2.05, 4.69) is 35.8 Å². The number of hydrogen-bond donors (Lipinski definition) is 4. The second-order valence-electron chi connectivity index (χ2n) is 3.88. The third kappa shape index (κ3) is 1.77. The lowest BCUT2D eigenvalue weighted by atomic mass is 10.3. The summed E-state index contributed by atoms with van der Waals surface area (Å²) in [5, 5.41) is 11.1. The summed E-state index contributed by atoms with van der Waals surface area (Å²) in [5.41, 5.74) is 3.17. The second kappa shape index (κ2) is 4.15. The quantitative estimate of drug-likeness (QED) is 0.392. The molecule has 0 radical (unpaired) electrons. The zero-order valence-electron chi connectivity index (χ0n) is 9.27. The van der Waals surface area contributed by atoms with E-state index in [1.807, 2.05) is 0 Å². The Morgan fingerprint density at radius 3 is 2.88 bits per heavy atom. The van der Waals surface area contributed by atoms with E-state index in [0.29, 0.717) is 11.6 Å². The van der Waals surface area contributed by atoms with E-state index in [1.165, 1.54) is 0 Å². The molecular weight excluding hydrogens is 220 g/mol. The van der Waals surface area contributed by atoms with Crippen molar-refractivity contribution in [3.63, 3.8) is 0 Å². The first kappa shape index (κ1) is 10.2. The predicted molar refractivity (Wildman–Crippen MR) is 64.6 cm³/mol. The van der Waals surface area contributed by atoms with Gasteiger partial charge in [0.25, 0.3) is 0 Å². The summed E-state index contributed by atoms with van der Waals surface area (Å²) in [6.07, 6.45) is 1.74. The molecule has 90 valence electrons. The smallest absolute Gasteiger partial charge is 0.241 e. The van der Waals surface area contributed by atoms with Gasteiger partial charge in [0.15, 0.2) is 5.65 Å². The highest BCUT2D eigenvalue weighted by Crippen LogP contribution is 2.23. The van der Waals surface area contributed by atoms with Gasteiger partial charge in [0.1, 0.15) is 5.82 Å². The first-order valence-corrected chi connectivity index (χ1v) is 5.52. The number of fused-ring (bicyclic) bond motifs is 1. The summed E-state index contributed by atoms with van der Waals surface area (Å²) >= 11 is 0. The second-order valence-corrected chi connectivity index (χ2v) is 3.88. The van der Waals surface area contributed by atoms with Gasteiger partial charge in [-0.3, -0.25) is 10.5 Å². The van der Waals surface area contributed by atoms with E-state index in [0.717, 1.165) is 37.4 Å². The molecule has 8 heteroatoms. The Labute approximate surface area is 97.6 Å². The third-order valence-corrected chi connectivity index (χ3v) is 2.84. The molecule has 0 bridgehead atoms. The molecule has 5 N–H and O–H groups in total. The molecule has 2 aromatic rings. The highest BCUT2D eigenvalue weighted by Gasteiger charge is 2.17.